The molecule has 6 atom stereocenters. The summed E-state index contributed by atoms with van der Waals surface area (Å²) >= 11 is 0. The molecule has 28 heavy (non-hydrogen) atoms. The van der Waals surface area contributed by atoms with Gasteiger partial charge in [-0.25, -0.2) is 0 Å². The summed E-state index contributed by atoms with van der Waals surface area (Å²) in [5.74, 6) is 4.61. The van der Waals surface area contributed by atoms with Gasteiger partial charge >= 0.3 is 0 Å². The number of nitrogens with zero attached hydrogens (tertiary/aromatic N) is 1. The van der Waals surface area contributed by atoms with Crippen molar-refractivity contribution in [3.8, 4) is 0 Å². The second-order valence-corrected chi connectivity index (χ2v) is 11.6. The van der Waals surface area contributed by atoms with Crippen LogP contribution in [-0.2, 0) is 0 Å². The predicted octanol–water partition coefficient (Wildman–Crippen LogP) is 7.61. The van der Waals surface area contributed by atoms with Crippen molar-refractivity contribution in [2.24, 2.45) is 45.6 Å². The number of unbranched alkanes of at least 4 members (excludes halogenated alkanes) is 1. The highest BCUT2D eigenvalue weighted by Crippen LogP contribution is 2.67. The minimum absolute atomic E-state index is 0.369. The fraction of sp³-hybridized carbons (Fsp3) is 0.885. The number of fused-ring (bicyclic) bond motifs is 5. The van der Waals surface area contributed by atoms with Crippen LogP contribution >= 0.6 is 0 Å². The molecule has 0 spiro atoms. The predicted molar refractivity (Wildman–Crippen MR) is 118 cm³/mol. The van der Waals surface area contributed by atoms with Crippen LogP contribution in [0.1, 0.15) is 105 Å². The molecule has 0 bridgehead atoms. The zero-order chi connectivity index (χ0) is 19.9. The molecule has 0 aromatic rings. The topological polar surface area (TPSA) is 32.6 Å². The summed E-state index contributed by atoms with van der Waals surface area (Å²) < 4.78 is 0. The van der Waals surface area contributed by atoms with E-state index in [4.69, 9.17) is 0 Å². The van der Waals surface area contributed by atoms with E-state index in [1.807, 2.05) is 0 Å². The average Bonchev–Trinajstić information content (AvgIpc) is 3.01. The molecule has 0 amide bonds. The molecule has 2 heteroatoms. The highest BCUT2D eigenvalue weighted by atomic mass is 16.4. The van der Waals surface area contributed by atoms with Gasteiger partial charge in [-0.15, -0.1) is 0 Å². The highest BCUT2D eigenvalue weighted by molar-refractivity contribution is 5.96. The molecule has 0 saturated heterocycles. The van der Waals surface area contributed by atoms with E-state index in [2.05, 4.69) is 38.9 Å². The van der Waals surface area contributed by atoms with Gasteiger partial charge in [0, 0.05) is 0 Å². The number of hydrogen-bond donors (Lipinski definition) is 1. The fourth-order valence-electron chi connectivity index (χ4n) is 8.18. The molecule has 0 aromatic heterocycles. The van der Waals surface area contributed by atoms with Gasteiger partial charge in [0.1, 0.15) is 0 Å². The van der Waals surface area contributed by atoms with Crippen LogP contribution < -0.4 is 0 Å². The molecule has 158 valence electrons. The minimum Gasteiger partial charge on any atom is -0.411 e. The molecular weight excluding hydrogens is 342 g/mol. The molecule has 0 unspecified atom stereocenters. The molecule has 0 aromatic carbocycles. The number of rotatable bonds is 5. The van der Waals surface area contributed by atoms with Gasteiger partial charge in [0.15, 0.2) is 0 Å². The van der Waals surface area contributed by atoms with Crippen LogP contribution in [0.3, 0.4) is 0 Å². The Bertz CT molecular complexity index is 634. The molecule has 4 aliphatic rings. The van der Waals surface area contributed by atoms with Crippen molar-refractivity contribution in [1.29, 1.82) is 0 Å². The van der Waals surface area contributed by atoms with Crippen LogP contribution in [0.2, 0.25) is 0 Å². The third-order valence-electron chi connectivity index (χ3n) is 9.89. The first kappa shape index (κ1) is 20.5. The number of allylic oxidation sites excluding steroid dienone is 2. The zero-order valence-electron chi connectivity index (χ0n) is 18.8. The van der Waals surface area contributed by atoms with Crippen molar-refractivity contribution in [3.63, 3.8) is 0 Å². The lowest BCUT2D eigenvalue weighted by Crippen LogP contribution is -2.50. The van der Waals surface area contributed by atoms with E-state index in [1.165, 1.54) is 70.6 Å². The quantitative estimate of drug-likeness (QED) is 0.295. The van der Waals surface area contributed by atoms with Crippen molar-refractivity contribution < 1.29 is 5.21 Å². The molecule has 1 N–H and O–H groups in total. The summed E-state index contributed by atoms with van der Waals surface area (Å²) in [7, 11) is 0. The summed E-state index contributed by atoms with van der Waals surface area (Å²) in [6.07, 6.45) is 18.7. The standard InChI is InChI=1S/C26H43NO/c1-18(2)7-5-6-8-19-10-12-23-22-11-9-20-17-21(27-28)13-15-26(20,4)24(22)14-16-25(19,23)3/h17-19,22-24,28H,5-16H2,1-4H3/b27-21-/t19-,22-,23-,24-,25+,26-/m0/s1. The Hall–Kier alpha value is -0.790. The van der Waals surface area contributed by atoms with Crippen molar-refractivity contribution in [1.82, 2.24) is 0 Å². The van der Waals surface area contributed by atoms with Crippen LogP contribution in [0.5, 0.6) is 0 Å². The molecule has 3 fully saturated rings. The largest absolute Gasteiger partial charge is 0.411 e. The van der Waals surface area contributed by atoms with Crippen molar-refractivity contribution in [2.75, 3.05) is 0 Å². The Morgan fingerprint density at radius 2 is 1.86 bits per heavy atom. The number of hydrogen-bond acceptors (Lipinski definition) is 2. The van der Waals surface area contributed by atoms with Crippen molar-refractivity contribution in [3.05, 3.63) is 11.6 Å². The fourth-order valence-corrected chi connectivity index (χ4v) is 8.18. The van der Waals surface area contributed by atoms with Crippen LogP contribution in [0.4, 0.5) is 0 Å². The second kappa shape index (κ2) is 7.80. The first-order valence-corrected chi connectivity index (χ1v) is 12.3. The number of oxime groups is 1. The Morgan fingerprint density at radius 3 is 2.61 bits per heavy atom. The maximum absolute atomic E-state index is 9.25. The third-order valence-corrected chi connectivity index (χ3v) is 9.89. The molecule has 4 rings (SSSR count). The maximum Gasteiger partial charge on any atom is 0.0795 e. The lowest BCUT2D eigenvalue weighted by Gasteiger charge is -2.58. The van der Waals surface area contributed by atoms with Gasteiger partial charge in [0.25, 0.3) is 0 Å². The molecule has 0 aliphatic heterocycles. The van der Waals surface area contributed by atoms with Gasteiger partial charge < -0.3 is 5.21 Å². The van der Waals surface area contributed by atoms with Crippen LogP contribution in [0, 0.1) is 40.4 Å². The summed E-state index contributed by atoms with van der Waals surface area (Å²) in [5.41, 5.74) is 3.49. The summed E-state index contributed by atoms with van der Waals surface area (Å²) in [6.45, 7) is 9.95. The van der Waals surface area contributed by atoms with Gasteiger partial charge in [0.05, 0.1) is 5.71 Å². The lowest BCUT2D eigenvalue weighted by atomic mass is 9.46. The Labute approximate surface area is 173 Å². The maximum atomic E-state index is 9.25. The zero-order valence-corrected chi connectivity index (χ0v) is 18.8. The van der Waals surface area contributed by atoms with Gasteiger partial charge in [-0.3, -0.25) is 0 Å². The summed E-state index contributed by atoms with van der Waals surface area (Å²) in [4.78, 5) is 0. The van der Waals surface area contributed by atoms with Gasteiger partial charge in [0.2, 0.25) is 0 Å². The lowest BCUT2D eigenvalue weighted by molar-refractivity contribution is -0.0503. The van der Waals surface area contributed by atoms with E-state index in [1.54, 1.807) is 5.57 Å². The molecule has 4 aliphatic carbocycles. The van der Waals surface area contributed by atoms with E-state index in [0.717, 1.165) is 41.7 Å². The SMILES string of the molecule is CC(C)CCCC[C@H]1CC[C@H]2[C@@H]3CCC4=C/C(=N\O)CC[C@]4(C)[C@H]3CC[C@]12C. The van der Waals surface area contributed by atoms with E-state index in [-0.39, 0.29) is 0 Å². The van der Waals surface area contributed by atoms with E-state index < -0.39 is 0 Å². The highest BCUT2D eigenvalue weighted by Gasteiger charge is 2.58. The third kappa shape index (κ3) is 3.37. The smallest absolute Gasteiger partial charge is 0.0795 e. The first-order chi connectivity index (χ1) is 13.4. The van der Waals surface area contributed by atoms with Crippen LogP contribution in [0.15, 0.2) is 16.8 Å². The summed E-state index contributed by atoms with van der Waals surface area (Å²) in [6, 6.07) is 0. The van der Waals surface area contributed by atoms with Gasteiger partial charge in [-0.1, -0.05) is 57.7 Å². The second-order valence-electron chi connectivity index (χ2n) is 11.6. The van der Waals surface area contributed by atoms with E-state index in [9.17, 15) is 5.21 Å². The monoisotopic (exact) mass is 385 g/mol. The van der Waals surface area contributed by atoms with Crippen LogP contribution in [-0.4, -0.2) is 10.9 Å². The Balaban J connectivity index is 1.46. The van der Waals surface area contributed by atoms with Gasteiger partial charge in [-0.05, 0) is 104 Å². The average molecular weight is 386 g/mol. The molecular formula is C26H43NO. The van der Waals surface area contributed by atoms with Crippen molar-refractivity contribution >= 4 is 5.71 Å². The minimum atomic E-state index is 0.369. The Morgan fingerprint density at radius 1 is 1.04 bits per heavy atom. The van der Waals surface area contributed by atoms with Crippen molar-refractivity contribution in [2.45, 2.75) is 105 Å². The molecule has 2 nitrogen and oxygen atoms in total. The van der Waals surface area contributed by atoms with E-state index >= 15 is 0 Å². The van der Waals surface area contributed by atoms with Gasteiger partial charge in [-0.2, -0.15) is 0 Å². The molecule has 0 radical (unpaired) electrons. The molecule has 3 saturated carbocycles. The van der Waals surface area contributed by atoms with Crippen LogP contribution in [0.25, 0.3) is 0 Å². The first-order valence-electron chi connectivity index (χ1n) is 12.3. The van der Waals surface area contributed by atoms with E-state index in [0.29, 0.717) is 10.8 Å². The summed E-state index contributed by atoms with van der Waals surface area (Å²) in [5, 5.41) is 12.8. The molecule has 0 heterocycles. The normalized spacial score (nSPS) is 44.2. The Kier molecular flexibility index (Phi) is 5.71.